The first-order valence-corrected chi connectivity index (χ1v) is 3.06. The van der Waals surface area contributed by atoms with Crippen molar-refractivity contribution in [2.24, 2.45) is 0 Å². The molecule has 0 aliphatic rings. The Morgan fingerprint density at radius 1 is 0.857 bits per heavy atom. The van der Waals surface area contributed by atoms with E-state index in [4.69, 9.17) is 5.11 Å². The van der Waals surface area contributed by atoms with Crippen LogP contribution in [-0.4, -0.2) is 35.9 Å². The van der Waals surface area contributed by atoms with Crippen molar-refractivity contribution >= 4 is 0 Å². The van der Waals surface area contributed by atoms with E-state index in [2.05, 4.69) is 0 Å². The highest BCUT2D eigenvalue weighted by atomic mass is 19.4. The maximum atomic E-state index is 12.0. The second-order valence-corrected chi connectivity index (χ2v) is 2.34. The average Bonchev–Trinajstić information content (AvgIpc) is 1.99. The first-order valence-electron chi connectivity index (χ1n) is 3.06. The van der Waals surface area contributed by atoms with Gasteiger partial charge in [0, 0.05) is 0 Å². The summed E-state index contributed by atoms with van der Waals surface area (Å²) in [7, 11) is 0. The van der Waals surface area contributed by atoms with Gasteiger partial charge in [-0.1, -0.05) is 0 Å². The van der Waals surface area contributed by atoms with Gasteiger partial charge in [0.2, 0.25) is 0 Å². The molecule has 0 rings (SSSR count). The van der Waals surface area contributed by atoms with Crippen LogP contribution < -0.4 is 0 Å². The van der Waals surface area contributed by atoms with Crippen LogP contribution in [0.5, 0.6) is 0 Å². The Morgan fingerprint density at radius 2 is 1.21 bits per heavy atom. The van der Waals surface area contributed by atoms with Crippen LogP contribution in [0.15, 0.2) is 0 Å². The Labute approximate surface area is 72.3 Å². The van der Waals surface area contributed by atoms with E-state index in [-0.39, 0.29) is 0 Å². The average molecular weight is 232 g/mol. The Morgan fingerprint density at radius 3 is 1.43 bits per heavy atom. The van der Waals surface area contributed by atoms with E-state index in [9.17, 15) is 35.1 Å². The van der Waals surface area contributed by atoms with Crippen molar-refractivity contribution in [2.75, 3.05) is 0 Å². The Balaban J connectivity index is 4.75. The summed E-state index contributed by atoms with van der Waals surface area (Å²) in [5.74, 6) is -5.90. The normalized spacial score (nSPS) is 18.4. The molecule has 0 amide bonds. The summed E-state index contributed by atoms with van der Waals surface area (Å²) < 4.78 is 92.8. The molecule has 0 aromatic carbocycles. The van der Waals surface area contributed by atoms with Gasteiger partial charge in [0.15, 0.2) is 12.3 Å². The van der Waals surface area contributed by atoms with Gasteiger partial charge in [0.05, 0.1) is 0 Å². The molecule has 0 radical (unpaired) electrons. The molecule has 0 fully saturated rings. The van der Waals surface area contributed by atoms with Crippen molar-refractivity contribution in [3.05, 3.63) is 0 Å². The Kier molecular flexibility index (Phi) is 3.71. The summed E-state index contributed by atoms with van der Waals surface area (Å²) in [6.07, 6.45) is -18.4. The smallest absolute Gasteiger partial charge is 0.383 e. The lowest BCUT2D eigenvalue weighted by atomic mass is 10.1. The highest BCUT2D eigenvalue weighted by molar-refractivity contribution is 4.89. The fraction of sp³-hybridized carbons (Fsp3) is 1.00. The maximum absolute atomic E-state index is 12.0. The summed E-state index contributed by atoms with van der Waals surface area (Å²) >= 11 is 0. The molecule has 1 nitrogen and oxygen atoms in total. The second-order valence-electron chi connectivity index (χ2n) is 2.34. The van der Waals surface area contributed by atoms with Crippen LogP contribution in [-0.2, 0) is 0 Å². The molecular weight excluding hydrogens is 228 g/mol. The molecule has 0 bridgehead atoms. The number of hydrogen-bond acceptors (Lipinski definition) is 1. The lowest BCUT2D eigenvalue weighted by molar-refractivity contribution is -0.323. The molecule has 1 N–H and O–H groups in total. The van der Waals surface area contributed by atoms with E-state index in [0.29, 0.717) is 0 Å². The molecule has 2 unspecified atom stereocenters. The number of aliphatic hydroxyl groups is 1. The number of alkyl halides is 8. The molecule has 0 aromatic heterocycles. The molecule has 0 aliphatic carbocycles. The zero-order valence-corrected chi connectivity index (χ0v) is 6.20. The summed E-state index contributed by atoms with van der Waals surface area (Å²) in [6.45, 7) is 0. The molecule has 86 valence electrons. The number of rotatable bonds is 3. The van der Waals surface area contributed by atoms with Gasteiger partial charge in [0.25, 0.3) is 6.43 Å². The number of halogens is 8. The van der Waals surface area contributed by atoms with E-state index in [0.717, 1.165) is 0 Å². The SMILES string of the molecule is OC(C(F)C(F)F)C(F)(F)C(F)(F)F. The summed E-state index contributed by atoms with van der Waals surface area (Å²) in [4.78, 5) is 0. The van der Waals surface area contributed by atoms with Crippen LogP contribution in [0, 0.1) is 0 Å². The third-order valence-corrected chi connectivity index (χ3v) is 1.29. The van der Waals surface area contributed by atoms with Gasteiger partial charge >= 0.3 is 12.1 Å². The van der Waals surface area contributed by atoms with Gasteiger partial charge in [-0.25, -0.2) is 13.2 Å². The van der Waals surface area contributed by atoms with Crippen LogP contribution >= 0.6 is 0 Å². The van der Waals surface area contributed by atoms with E-state index < -0.39 is 30.8 Å². The van der Waals surface area contributed by atoms with Crippen molar-refractivity contribution in [2.45, 2.75) is 30.8 Å². The minimum Gasteiger partial charge on any atom is -0.383 e. The van der Waals surface area contributed by atoms with Gasteiger partial charge in [-0.3, -0.25) is 0 Å². The van der Waals surface area contributed by atoms with Gasteiger partial charge in [0.1, 0.15) is 0 Å². The minimum absolute atomic E-state index is 3.95. The lowest BCUT2D eigenvalue weighted by Crippen LogP contribution is -2.52. The van der Waals surface area contributed by atoms with Gasteiger partial charge in [-0.2, -0.15) is 22.0 Å². The molecule has 14 heavy (non-hydrogen) atoms. The van der Waals surface area contributed by atoms with Crippen molar-refractivity contribution in [3.8, 4) is 0 Å². The van der Waals surface area contributed by atoms with Crippen LogP contribution in [0.4, 0.5) is 35.1 Å². The Bertz CT molecular complexity index is 187. The van der Waals surface area contributed by atoms with Crippen molar-refractivity contribution < 1.29 is 40.2 Å². The van der Waals surface area contributed by atoms with E-state index in [1.165, 1.54) is 0 Å². The summed E-state index contributed by atoms with van der Waals surface area (Å²) in [6, 6.07) is 0. The third kappa shape index (κ3) is 2.46. The summed E-state index contributed by atoms with van der Waals surface area (Å²) in [5, 5.41) is 8.03. The van der Waals surface area contributed by atoms with Crippen LogP contribution in [0.2, 0.25) is 0 Å². The zero-order chi connectivity index (χ0) is 11.7. The van der Waals surface area contributed by atoms with Crippen molar-refractivity contribution in [3.63, 3.8) is 0 Å². The predicted octanol–water partition coefficient (Wildman–Crippen LogP) is 2.15. The number of hydrogen-bond donors (Lipinski definition) is 1. The highest BCUT2D eigenvalue weighted by Gasteiger charge is 2.65. The molecule has 0 aliphatic heterocycles. The van der Waals surface area contributed by atoms with Gasteiger partial charge in [-0.15, -0.1) is 0 Å². The quantitative estimate of drug-likeness (QED) is 0.739. The monoisotopic (exact) mass is 232 g/mol. The third-order valence-electron chi connectivity index (χ3n) is 1.29. The zero-order valence-electron chi connectivity index (χ0n) is 6.20. The van der Waals surface area contributed by atoms with Crippen molar-refractivity contribution in [1.82, 2.24) is 0 Å². The Hall–Kier alpha value is -0.600. The second kappa shape index (κ2) is 3.87. The first-order chi connectivity index (χ1) is 6.01. The fourth-order valence-corrected chi connectivity index (χ4v) is 0.505. The lowest BCUT2D eigenvalue weighted by Gasteiger charge is -2.26. The van der Waals surface area contributed by atoms with E-state index >= 15 is 0 Å². The van der Waals surface area contributed by atoms with Crippen LogP contribution in [0.3, 0.4) is 0 Å². The first kappa shape index (κ1) is 13.4. The van der Waals surface area contributed by atoms with E-state index in [1.807, 2.05) is 0 Å². The summed E-state index contributed by atoms with van der Waals surface area (Å²) in [5.41, 5.74) is 0. The van der Waals surface area contributed by atoms with Gasteiger partial charge in [-0.05, 0) is 0 Å². The molecule has 0 heterocycles. The predicted molar refractivity (Wildman–Crippen MR) is 27.9 cm³/mol. The van der Waals surface area contributed by atoms with Crippen molar-refractivity contribution in [1.29, 1.82) is 0 Å². The molecule has 0 aromatic rings. The molecule has 2 atom stereocenters. The maximum Gasteiger partial charge on any atom is 0.456 e. The highest BCUT2D eigenvalue weighted by Crippen LogP contribution is 2.40. The van der Waals surface area contributed by atoms with Crippen LogP contribution in [0.1, 0.15) is 0 Å². The molecular formula is C5H4F8O. The minimum atomic E-state index is -6.27. The molecule has 9 heteroatoms. The number of aliphatic hydroxyl groups excluding tert-OH is 1. The molecule has 0 saturated carbocycles. The molecule has 0 saturated heterocycles. The van der Waals surface area contributed by atoms with Crippen LogP contribution in [0.25, 0.3) is 0 Å². The van der Waals surface area contributed by atoms with E-state index in [1.54, 1.807) is 0 Å². The fourth-order valence-electron chi connectivity index (χ4n) is 0.505. The standard InChI is InChI=1S/C5H4F8O/c6-1(3(7)8)2(14)4(9,10)5(11,12)13/h1-3,14H. The van der Waals surface area contributed by atoms with Gasteiger partial charge < -0.3 is 5.11 Å². The topological polar surface area (TPSA) is 20.2 Å². The largest absolute Gasteiger partial charge is 0.456 e. The molecule has 0 spiro atoms.